The van der Waals surface area contributed by atoms with Crippen LogP contribution in [0.5, 0.6) is 11.5 Å². The lowest BCUT2D eigenvalue weighted by atomic mass is 10.1. The summed E-state index contributed by atoms with van der Waals surface area (Å²) < 4.78 is 11.3. The van der Waals surface area contributed by atoms with Gasteiger partial charge in [-0.3, -0.25) is 4.79 Å². The number of para-hydroxylation sites is 1. The summed E-state index contributed by atoms with van der Waals surface area (Å²) in [7, 11) is 1.51. The van der Waals surface area contributed by atoms with E-state index in [-0.39, 0.29) is 5.57 Å². The summed E-state index contributed by atoms with van der Waals surface area (Å²) in [6.07, 6.45) is 1.45. The summed E-state index contributed by atoms with van der Waals surface area (Å²) in [4.78, 5) is 12.4. The topological polar surface area (TPSA) is 71.3 Å². The normalized spacial score (nSPS) is 10.8. The molecule has 0 aliphatic heterocycles. The standard InChI is InChI=1S/C25H21ClN2O3/c1-17-8-10-18(11-9-17)16-31-24-22(26)13-19(14-23(24)30-2)12-20(15-27)25(29)28-21-6-4-3-5-7-21/h3-14H,16H2,1-2H3,(H,28,29)/b20-12-. The molecule has 0 radical (unpaired) electrons. The maximum absolute atomic E-state index is 12.4. The molecule has 0 bridgehead atoms. The molecule has 0 aromatic heterocycles. The number of rotatable bonds is 7. The minimum Gasteiger partial charge on any atom is -0.493 e. The minimum absolute atomic E-state index is 0.0599. The average molecular weight is 433 g/mol. The van der Waals surface area contributed by atoms with Crippen LogP contribution >= 0.6 is 11.6 Å². The third-order valence-electron chi connectivity index (χ3n) is 4.46. The predicted molar refractivity (Wildman–Crippen MR) is 122 cm³/mol. The zero-order valence-corrected chi connectivity index (χ0v) is 17.9. The van der Waals surface area contributed by atoms with Gasteiger partial charge >= 0.3 is 0 Å². The molecule has 0 atom stereocenters. The molecule has 3 aromatic rings. The number of nitriles is 1. The Bertz CT molecular complexity index is 1130. The van der Waals surface area contributed by atoms with E-state index in [1.807, 2.05) is 43.3 Å². The Labute approximate surface area is 186 Å². The third-order valence-corrected chi connectivity index (χ3v) is 4.74. The van der Waals surface area contributed by atoms with E-state index in [0.29, 0.717) is 34.4 Å². The van der Waals surface area contributed by atoms with Gasteiger partial charge in [-0.25, -0.2) is 0 Å². The van der Waals surface area contributed by atoms with Crippen molar-refractivity contribution < 1.29 is 14.3 Å². The molecule has 0 fully saturated rings. The van der Waals surface area contributed by atoms with Gasteiger partial charge in [-0.1, -0.05) is 59.6 Å². The molecule has 31 heavy (non-hydrogen) atoms. The molecule has 0 unspecified atom stereocenters. The molecule has 0 heterocycles. The van der Waals surface area contributed by atoms with Crippen LogP contribution in [-0.2, 0) is 11.4 Å². The summed E-state index contributed by atoms with van der Waals surface area (Å²) >= 11 is 6.42. The van der Waals surface area contributed by atoms with Crippen LogP contribution in [0.1, 0.15) is 16.7 Å². The van der Waals surface area contributed by atoms with Crippen molar-refractivity contribution in [3.63, 3.8) is 0 Å². The number of methoxy groups -OCH3 is 1. The Morgan fingerprint density at radius 2 is 1.84 bits per heavy atom. The number of halogens is 1. The van der Waals surface area contributed by atoms with E-state index in [2.05, 4.69) is 5.32 Å². The fourth-order valence-electron chi connectivity index (χ4n) is 2.84. The van der Waals surface area contributed by atoms with Gasteiger partial charge in [-0.05, 0) is 48.4 Å². The largest absolute Gasteiger partial charge is 0.493 e. The first-order chi connectivity index (χ1) is 15.0. The predicted octanol–water partition coefficient (Wildman–Crippen LogP) is 5.78. The van der Waals surface area contributed by atoms with E-state index < -0.39 is 5.91 Å². The van der Waals surface area contributed by atoms with Crippen molar-refractivity contribution in [1.82, 2.24) is 0 Å². The van der Waals surface area contributed by atoms with Crippen LogP contribution in [-0.4, -0.2) is 13.0 Å². The summed E-state index contributed by atoms with van der Waals surface area (Å²) in [6, 6.07) is 22.1. The fraction of sp³-hybridized carbons (Fsp3) is 0.120. The number of hydrogen-bond acceptors (Lipinski definition) is 4. The van der Waals surface area contributed by atoms with Gasteiger partial charge in [0.1, 0.15) is 18.2 Å². The van der Waals surface area contributed by atoms with Crippen LogP contribution in [0.3, 0.4) is 0 Å². The number of nitrogens with one attached hydrogen (secondary N) is 1. The molecule has 0 saturated heterocycles. The SMILES string of the molecule is COc1cc(/C=C(/C#N)C(=O)Nc2ccccc2)cc(Cl)c1OCc1ccc(C)cc1. The smallest absolute Gasteiger partial charge is 0.266 e. The number of ether oxygens (including phenoxy) is 2. The van der Waals surface area contributed by atoms with Crippen LogP contribution < -0.4 is 14.8 Å². The van der Waals surface area contributed by atoms with Gasteiger partial charge in [0.05, 0.1) is 12.1 Å². The van der Waals surface area contributed by atoms with E-state index in [1.165, 1.54) is 18.7 Å². The fourth-order valence-corrected chi connectivity index (χ4v) is 3.11. The lowest BCUT2D eigenvalue weighted by Crippen LogP contribution is -2.13. The number of carbonyl (C=O) groups excluding carboxylic acids is 1. The van der Waals surface area contributed by atoms with E-state index in [4.69, 9.17) is 21.1 Å². The third kappa shape index (κ3) is 5.88. The van der Waals surface area contributed by atoms with E-state index in [1.54, 1.807) is 36.4 Å². The Balaban J connectivity index is 1.81. The quantitative estimate of drug-likeness (QED) is 0.379. The number of nitrogens with zero attached hydrogens (tertiary/aromatic N) is 1. The highest BCUT2D eigenvalue weighted by molar-refractivity contribution is 6.32. The molecular weight excluding hydrogens is 412 g/mol. The van der Waals surface area contributed by atoms with Crippen molar-refractivity contribution in [3.05, 3.63) is 94.0 Å². The first-order valence-electron chi connectivity index (χ1n) is 9.54. The highest BCUT2D eigenvalue weighted by Gasteiger charge is 2.14. The minimum atomic E-state index is -0.511. The number of hydrogen-bond donors (Lipinski definition) is 1. The second-order valence-corrected chi connectivity index (χ2v) is 7.21. The molecule has 0 aliphatic rings. The van der Waals surface area contributed by atoms with Crippen LogP contribution in [0.25, 0.3) is 6.08 Å². The Morgan fingerprint density at radius 3 is 2.48 bits per heavy atom. The zero-order chi connectivity index (χ0) is 22.2. The summed E-state index contributed by atoms with van der Waals surface area (Å²) in [5, 5.41) is 12.5. The molecule has 0 saturated carbocycles. The first-order valence-corrected chi connectivity index (χ1v) is 9.92. The summed E-state index contributed by atoms with van der Waals surface area (Å²) in [5.74, 6) is 0.296. The van der Waals surface area contributed by atoms with Gasteiger partial charge in [0.2, 0.25) is 0 Å². The highest BCUT2D eigenvalue weighted by atomic mass is 35.5. The maximum Gasteiger partial charge on any atom is 0.266 e. The second-order valence-electron chi connectivity index (χ2n) is 6.80. The number of amides is 1. The van der Waals surface area contributed by atoms with E-state index in [0.717, 1.165) is 5.56 Å². The second kappa shape index (κ2) is 10.3. The van der Waals surface area contributed by atoms with Gasteiger partial charge in [-0.15, -0.1) is 0 Å². The van der Waals surface area contributed by atoms with Crippen molar-refractivity contribution in [3.8, 4) is 17.6 Å². The van der Waals surface area contributed by atoms with Gasteiger partial charge in [0, 0.05) is 5.69 Å². The molecule has 0 spiro atoms. The number of aryl methyl sites for hydroxylation is 1. The number of benzene rings is 3. The van der Waals surface area contributed by atoms with Gasteiger partial charge in [0.25, 0.3) is 5.91 Å². The van der Waals surface area contributed by atoms with Crippen LogP contribution in [0.15, 0.2) is 72.3 Å². The van der Waals surface area contributed by atoms with Gasteiger partial charge in [0.15, 0.2) is 11.5 Å². The van der Waals surface area contributed by atoms with Crippen LogP contribution in [0.4, 0.5) is 5.69 Å². The van der Waals surface area contributed by atoms with Crippen molar-refractivity contribution >= 4 is 29.3 Å². The Hall–Kier alpha value is -3.75. The number of carbonyl (C=O) groups is 1. The van der Waals surface area contributed by atoms with E-state index >= 15 is 0 Å². The molecule has 1 N–H and O–H groups in total. The van der Waals surface area contributed by atoms with E-state index in [9.17, 15) is 10.1 Å². The average Bonchev–Trinajstić information content (AvgIpc) is 2.78. The molecule has 5 nitrogen and oxygen atoms in total. The zero-order valence-electron chi connectivity index (χ0n) is 17.2. The van der Waals surface area contributed by atoms with Crippen LogP contribution in [0.2, 0.25) is 5.02 Å². The first kappa shape index (κ1) is 21.9. The molecule has 3 aromatic carbocycles. The summed E-state index contributed by atoms with van der Waals surface area (Å²) in [6.45, 7) is 2.35. The molecule has 1 amide bonds. The monoisotopic (exact) mass is 432 g/mol. The van der Waals surface area contributed by atoms with Crippen LogP contribution in [0, 0.1) is 18.3 Å². The number of anilines is 1. The molecular formula is C25H21ClN2O3. The Kier molecular flexibility index (Phi) is 7.31. The van der Waals surface area contributed by atoms with Crippen molar-refractivity contribution in [2.75, 3.05) is 12.4 Å². The van der Waals surface area contributed by atoms with Gasteiger partial charge < -0.3 is 14.8 Å². The van der Waals surface area contributed by atoms with Crippen molar-refractivity contribution in [2.24, 2.45) is 0 Å². The van der Waals surface area contributed by atoms with Gasteiger partial charge in [-0.2, -0.15) is 5.26 Å². The van der Waals surface area contributed by atoms with Crippen molar-refractivity contribution in [1.29, 1.82) is 5.26 Å². The van der Waals surface area contributed by atoms with Crippen molar-refractivity contribution in [2.45, 2.75) is 13.5 Å². The highest BCUT2D eigenvalue weighted by Crippen LogP contribution is 2.37. The maximum atomic E-state index is 12.4. The lowest BCUT2D eigenvalue weighted by molar-refractivity contribution is -0.112. The molecule has 3 rings (SSSR count). The Morgan fingerprint density at radius 1 is 1.13 bits per heavy atom. The molecule has 6 heteroatoms. The molecule has 156 valence electrons. The molecule has 0 aliphatic carbocycles. The summed E-state index contributed by atoms with van der Waals surface area (Å²) in [5.41, 5.74) is 3.25. The lowest BCUT2D eigenvalue weighted by Gasteiger charge is -2.14.